The molecule has 102 valence electrons. The van der Waals surface area contributed by atoms with E-state index in [1.807, 2.05) is 11.4 Å². The van der Waals surface area contributed by atoms with Gasteiger partial charge in [-0.2, -0.15) is 0 Å². The molecule has 5 heteroatoms. The number of nitrogens with one attached hydrogen (secondary N) is 1. The molecule has 3 nitrogen and oxygen atoms in total. The summed E-state index contributed by atoms with van der Waals surface area (Å²) in [7, 11) is 0. The van der Waals surface area contributed by atoms with Crippen molar-refractivity contribution in [3.63, 3.8) is 0 Å². The Labute approximate surface area is 126 Å². The molecular formula is C15H14ClN3S. The maximum atomic E-state index is 5.94. The molecule has 2 heterocycles. The fourth-order valence-corrected chi connectivity index (χ4v) is 3.14. The van der Waals surface area contributed by atoms with Crippen LogP contribution in [0.3, 0.4) is 0 Å². The Morgan fingerprint density at radius 2 is 2.15 bits per heavy atom. The molecule has 0 aliphatic heterocycles. The largest absolute Gasteiger partial charge is 0.369 e. The molecule has 0 radical (unpaired) electrons. The van der Waals surface area contributed by atoms with Crippen molar-refractivity contribution in [1.82, 2.24) is 9.97 Å². The van der Waals surface area contributed by atoms with E-state index >= 15 is 0 Å². The molecule has 0 fully saturated rings. The summed E-state index contributed by atoms with van der Waals surface area (Å²) >= 11 is 7.51. The second kappa shape index (κ2) is 5.77. The maximum absolute atomic E-state index is 5.94. The molecule has 0 aliphatic carbocycles. The third-order valence-corrected chi connectivity index (χ3v) is 4.06. The van der Waals surface area contributed by atoms with Gasteiger partial charge in [0.25, 0.3) is 0 Å². The summed E-state index contributed by atoms with van der Waals surface area (Å²) in [6, 6.07) is 10.6. The first-order valence-corrected chi connectivity index (χ1v) is 7.68. The van der Waals surface area contributed by atoms with Gasteiger partial charge in [0, 0.05) is 6.54 Å². The zero-order valence-electron chi connectivity index (χ0n) is 11.1. The molecule has 20 heavy (non-hydrogen) atoms. The molecule has 0 saturated heterocycles. The first kappa shape index (κ1) is 13.3. The topological polar surface area (TPSA) is 37.8 Å². The summed E-state index contributed by atoms with van der Waals surface area (Å²) in [4.78, 5) is 9.40. The van der Waals surface area contributed by atoms with E-state index in [-0.39, 0.29) is 5.28 Å². The Bertz CT molecular complexity index is 739. The fourth-order valence-electron chi connectivity index (χ4n) is 2.16. The van der Waals surface area contributed by atoms with Crippen LogP contribution in [-0.2, 0) is 6.42 Å². The van der Waals surface area contributed by atoms with Crippen LogP contribution in [0.4, 0.5) is 5.82 Å². The Morgan fingerprint density at radius 3 is 3.00 bits per heavy atom. The van der Waals surface area contributed by atoms with Gasteiger partial charge in [0.1, 0.15) is 10.6 Å². The number of thiophene rings is 1. The van der Waals surface area contributed by atoms with Crippen LogP contribution in [0.15, 0.2) is 35.7 Å². The molecule has 2 aromatic heterocycles. The van der Waals surface area contributed by atoms with Gasteiger partial charge in [0.15, 0.2) is 0 Å². The fraction of sp³-hybridized carbons (Fsp3) is 0.200. The van der Waals surface area contributed by atoms with E-state index in [2.05, 4.69) is 46.5 Å². The lowest BCUT2D eigenvalue weighted by atomic mass is 10.1. The summed E-state index contributed by atoms with van der Waals surface area (Å²) in [6.45, 7) is 2.93. The molecule has 1 N–H and O–H groups in total. The third-order valence-electron chi connectivity index (χ3n) is 3.09. The highest BCUT2D eigenvalue weighted by atomic mass is 35.5. The zero-order chi connectivity index (χ0) is 13.9. The minimum absolute atomic E-state index is 0.290. The molecular weight excluding hydrogens is 290 g/mol. The van der Waals surface area contributed by atoms with Crippen LogP contribution in [-0.4, -0.2) is 16.5 Å². The van der Waals surface area contributed by atoms with Gasteiger partial charge >= 0.3 is 0 Å². The lowest BCUT2D eigenvalue weighted by Gasteiger charge is -2.07. The number of hydrogen-bond donors (Lipinski definition) is 1. The number of fused-ring (bicyclic) bond motifs is 1. The minimum atomic E-state index is 0.290. The summed E-state index contributed by atoms with van der Waals surface area (Å²) in [6.07, 6.45) is 0.953. The summed E-state index contributed by atoms with van der Waals surface area (Å²) in [5.41, 5.74) is 2.60. The van der Waals surface area contributed by atoms with E-state index in [0.29, 0.717) is 0 Å². The lowest BCUT2D eigenvalue weighted by Crippen LogP contribution is -2.07. The second-order valence-electron chi connectivity index (χ2n) is 4.65. The Hall–Kier alpha value is -1.65. The molecule has 0 unspecified atom stereocenters. The van der Waals surface area contributed by atoms with Crippen molar-refractivity contribution in [2.45, 2.75) is 13.3 Å². The highest BCUT2D eigenvalue weighted by Crippen LogP contribution is 2.26. The van der Waals surface area contributed by atoms with E-state index in [9.17, 15) is 0 Å². The van der Waals surface area contributed by atoms with Crippen LogP contribution < -0.4 is 5.32 Å². The van der Waals surface area contributed by atoms with Crippen molar-refractivity contribution in [3.05, 3.63) is 52.1 Å². The SMILES string of the molecule is Cc1cccc(CCNc2nc(Cl)nc3sccc23)c1. The zero-order valence-corrected chi connectivity index (χ0v) is 12.6. The van der Waals surface area contributed by atoms with Gasteiger partial charge < -0.3 is 5.32 Å². The quantitative estimate of drug-likeness (QED) is 0.730. The standard InChI is InChI=1S/C15H14ClN3S/c1-10-3-2-4-11(9-10)5-7-17-13-12-6-8-20-14(12)19-15(16)18-13/h2-4,6,8-9H,5,7H2,1H3,(H,17,18,19). The maximum Gasteiger partial charge on any atom is 0.225 e. The van der Waals surface area contributed by atoms with Crippen LogP contribution >= 0.6 is 22.9 Å². The molecule has 3 rings (SSSR count). The van der Waals surface area contributed by atoms with Crippen molar-refractivity contribution < 1.29 is 0 Å². The monoisotopic (exact) mass is 303 g/mol. The molecule has 0 amide bonds. The number of benzene rings is 1. The van der Waals surface area contributed by atoms with Gasteiger partial charge in [-0.3, -0.25) is 0 Å². The van der Waals surface area contributed by atoms with Crippen molar-refractivity contribution >= 4 is 39.0 Å². The van der Waals surface area contributed by atoms with E-state index in [0.717, 1.165) is 29.0 Å². The predicted molar refractivity (Wildman–Crippen MR) is 85.8 cm³/mol. The van der Waals surface area contributed by atoms with Gasteiger partial charge in [-0.25, -0.2) is 9.97 Å². The average Bonchev–Trinajstić information content (AvgIpc) is 2.87. The first-order valence-electron chi connectivity index (χ1n) is 6.42. The summed E-state index contributed by atoms with van der Waals surface area (Å²) in [5, 5.41) is 6.68. The Balaban J connectivity index is 1.72. The van der Waals surface area contributed by atoms with E-state index in [1.54, 1.807) is 11.3 Å². The molecule has 0 atom stereocenters. The Kier molecular flexibility index (Phi) is 3.85. The second-order valence-corrected chi connectivity index (χ2v) is 5.88. The number of aryl methyl sites for hydroxylation is 1. The normalized spacial score (nSPS) is 10.9. The van der Waals surface area contributed by atoms with Crippen LogP contribution in [0.2, 0.25) is 5.28 Å². The van der Waals surface area contributed by atoms with Crippen LogP contribution in [0.25, 0.3) is 10.2 Å². The number of hydrogen-bond acceptors (Lipinski definition) is 4. The van der Waals surface area contributed by atoms with Crippen LogP contribution in [0.1, 0.15) is 11.1 Å². The molecule has 0 saturated carbocycles. The lowest BCUT2D eigenvalue weighted by molar-refractivity contribution is 1.00. The first-order chi connectivity index (χ1) is 9.72. The number of halogens is 1. The number of rotatable bonds is 4. The highest BCUT2D eigenvalue weighted by Gasteiger charge is 2.07. The van der Waals surface area contributed by atoms with Gasteiger partial charge in [-0.05, 0) is 42.0 Å². The molecule has 0 bridgehead atoms. The average molecular weight is 304 g/mol. The highest BCUT2D eigenvalue weighted by molar-refractivity contribution is 7.16. The summed E-state index contributed by atoms with van der Waals surface area (Å²) < 4.78 is 0. The Morgan fingerprint density at radius 1 is 1.25 bits per heavy atom. The van der Waals surface area contributed by atoms with Gasteiger partial charge in [-0.15, -0.1) is 11.3 Å². The molecule has 0 spiro atoms. The smallest absolute Gasteiger partial charge is 0.225 e. The molecule has 1 aromatic carbocycles. The predicted octanol–water partition coefficient (Wildman–Crippen LogP) is 4.31. The van der Waals surface area contributed by atoms with Crippen molar-refractivity contribution in [3.8, 4) is 0 Å². The van der Waals surface area contributed by atoms with Crippen molar-refractivity contribution in [2.75, 3.05) is 11.9 Å². The van der Waals surface area contributed by atoms with E-state index in [4.69, 9.17) is 11.6 Å². The minimum Gasteiger partial charge on any atom is -0.369 e. The van der Waals surface area contributed by atoms with Crippen molar-refractivity contribution in [2.24, 2.45) is 0 Å². The van der Waals surface area contributed by atoms with E-state index < -0.39 is 0 Å². The third kappa shape index (κ3) is 2.92. The van der Waals surface area contributed by atoms with Gasteiger partial charge in [-0.1, -0.05) is 29.8 Å². The van der Waals surface area contributed by atoms with Crippen LogP contribution in [0.5, 0.6) is 0 Å². The van der Waals surface area contributed by atoms with Crippen molar-refractivity contribution in [1.29, 1.82) is 0 Å². The van der Waals surface area contributed by atoms with Gasteiger partial charge in [0.05, 0.1) is 5.39 Å². The van der Waals surface area contributed by atoms with Crippen LogP contribution in [0, 0.1) is 6.92 Å². The number of nitrogens with zero attached hydrogens (tertiary/aromatic N) is 2. The molecule has 3 aromatic rings. The number of aromatic nitrogens is 2. The van der Waals surface area contributed by atoms with E-state index in [1.165, 1.54) is 11.1 Å². The molecule has 0 aliphatic rings. The summed E-state index contributed by atoms with van der Waals surface area (Å²) in [5.74, 6) is 0.814. The number of anilines is 1. The van der Waals surface area contributed by atoms with Gasteiger partial charge in [0.2, 0.25) is 5.28 Å².